The molecule has 0 saturated heterocycles. The first-order chi connectivity index (χ1) is 29.7. The largest absolute Gasteiger partial charge is 0.635 e. The Morgan fingerprint density at radius 3 is 1.78 bits per heavy atom. The summed E-state index contributed by atoms with van der Waals surface area (Å²) in [5.74, 6) is -10.3. The molecule has 0 aliphatic rings. The zero-order chi connectivity index (χ0) is 47.2. The van der Waals surface area contributed by atoms with Gasteiger partial charge in [-0.05, 0) is 42.4 Å². The van der Waals surface area contributed by atoms with Gasteiger partial charge in [-0.25, -0.2) is 0 Å². The number of aryl methyl sites for hydroxylation is 1. The fraction of sp³-hybridized carbons (Fsp3) is 0.439. The summed E-state index contributed by atoms with van der Waals surface area (Å²) in [4.78, 5) is 116. The van der Waals surface area contributed by atoms with Crippen LogP contribution in [0.25, 0.3) is 0 Å². The van der Waals surface area contributed by atoms with Crippen LogP contribution in [0.5, 0.6) is 0 Å². The van der Waals surface area contributed by atoms with Crippen molar-refractivity contribution in [3.63, 3.8) is 0 Å². The van der Waals surface area contributed by atoms with Gasteiger partial charge in [0.25, 0.3) is 0 Å². The zero-order valence-corrected chi connectivity index (χ0v) is 35.1. The van der Waals surface area contributed by atoms with E-state index in [4.69, 9.17) is 9.76 Å². The van der Waals surface area contributed by atoms with Gasteiger partial charge in [0, 0.05) is 25.7 Å². The van der Waals surface area contributed by atoms with E-state index in [9.17, 15) is 63.4 Å². The molecule has 6 amide bonds. The molecule has 2 rings (SSSR count). The Labute approximate surface area is 363 Å². The number of amides is 6. The van der Waals surface area contributed by atoms with E-state index < -0.39 is 129 Å². The molecule has 22 heteroatoms. The molecule has 0 saturated carbocycles. The third-order valence-corrected chi connectivity index (χ3v) is 9.19. The first kappa shape index (κ1) is 52.5. The number of carbonyl (C=O) groups is 9. The first-order valence-electron chi connectivity index (χ1n) is 19.9. The highest BCUT2D eigenvalue weighted by atomic mass is 16.6. The molecule has 0 aliphatic heterocycles. The average molecular weight is 883 g/mol. The highest BCUT2D eigenvalue weighted by molar-refractivity contribution is 6.32. The molecule has 11 N–H and O–H groups in total. The van der Waals surface area contributed by atoms with Crippen LogP contribution >= 0.6 is 0 Å². The van der Waals surface area contributed by atoms with Gasteiger partial charge in [0.15, 0.2) is 0 Å². The van der Waals surface area contributed by atoms with E-state index in [1.807, 2.05) is 0 Å². The molecular weight excluding hydrogens is 827 g/mol. The number of carboxylic acids is 3. The molecule has 6 atom stereocenters. The Morgan fingerprint density at radius 1 is 0.651 bits per heavy atom. The molecule has 2 aromatic rings. The molecular formula is C41H55BN6O15. The topological polar surface area (TPSA) is 336 Å². The maximum Gasteiger partial charge on any atom is 0.635 e. The summed E-state index contributed by atoms with van der Waals surface area (Å²) in [7, 11) is -2.23. The summed E-state index contributed by atoms with van der Waals surface area (Å²) in [6, 6.07) is 6.90. The van der Waals surface area contributed by atoms with Gasteiger partial charge in [-0.1, -0.05) is 74.5 Å². The maximum atomic E-state index is 14.4. The number of rotatable bonds is 28. The molecule has 0 radical (unpaired) electrons. The van der Waals surface area contributed by atoms with Gasteiger partial charge in [-0.3, -0.25) is 43.2 Å². The molecule has 0 bridgehead atoms. The van der Waals surface area contributed by atoms with Gasteiger partial charge in [0.1, 0.15) is 36.4 Å². The number of carbonyl (C=O) groups excluding carboxylic acids is 6. The number of carboxylic acid groups (broad SMARTS) is 3. The van der Waals surface area contributed by atoms with Crippen LogP contribution in [0.4, 0.5) is 0 Å². The molecule has 0 fully saturated rings. The van der Waals surface area contributed by atoms with Crippen molar-refractivity contribution in [3.05, 3.63) is 83.9 Å². The van der Waals surface area contributed by atoms with Crippen molar-refractivity contribution in [3.8, 4) is 0 Å². The number of benzene rings is 2. The molecule has 0 heterocycles. The summed E-state index contributed by atoms with van der Waals surface area (Å²) in [5.41, 5.74) is 1.52. The summed E-state index contributed by atoms with van der Waals surface area (Å²) < 4.78 is 4.92. The molecule has 21 nitrogen and oxygen atoms in total. The van der Waals surface area contributed by atoms with Crippen LogP contribution in [0, 0.1) is 12.8 Å². The standard InChI is InChI=1S/C41H55BN6O15/c1-5-11-32(63-42(61)62)47-39(58)28(20-23(2)3)46-41(60)36(25-13-7-6-8-14-25)48-40(59)29(21-26-15-10-9-12-24(26)4)45-37(56)27(16-18-33(50)51)44-38(57)30(22-35(54)55)43-31(49)17-19-34(52)53/h5-10,12-15,23,27-30,32,36,61-62H,1,11,16-22H2,2-4H3,(H,43,49)(H,44,57)(H,45,56)(H,46,60)(H,47,58)(H,48,59)(H,50,51)(H,52,53)(H,54,55)/t27-,28-,29-,30-,32?,36-/m0/s1. The van der Waals surface area contributed by atoms with Crippen molar-refractivity contribution in [2.24, 2.45) is 5.92 Å². The van der Waals surface area contributed by atoms with Crippen LogP contribution < -0.4 is 31.9 Å². The second kappa shape index (κ2) is 26.6. The highest BCUT2D eigenvalue weighted by Gasteiger charge is 2.35. The van der Waals surface area contributed by atoms with Crippen molar-refractivity contribution >= 4 is 60.7 Å². The Hall–Kier alpha value is -6.65. The molecule has 0 aliphatic carbocycles. The van der Waals surface area contributed by atoms with E-state index in [2.05, 4.69) is 38.5 Å². The third kappa shape index (κ3) is 19.7. The molecule has 0 spiro atoms. The number of hydrogen-bond acceptors (Lipinski definition) is 12. The first-order valence-corrected chi connectivity index (χ1v) is 19.9. The van der Waals surface area contributed by atoms with Gasteiger partial charge >= 0.3 is 25.2 Å². The monoisotopic (exact) mass is 882 g/mol. The minimum Gasteiger partial charge on any atom is -0.481 e. The lowest BCUT2D eigenvalue weighted by Gasteiger charge is -2.28. The zero-order valence-electron chi connectivity index (χ0n) is 35.1. The lowest BCUT2D eigenvalue weighted by Crippen LogP contribution is -2.58. The van der Waals surface area contributed by atoms with Gasteiger partial charge in [0.05, 0.1) is 12.8 Å². The van der Waals surface area contributed by atoms with Crippen molar-refractivity contribution < 1.29 is 73.2 Å². The highest BCUT2D eigenvalue weighted by Crippen LogP contribution is 2.17. The predicted molar refractivity (Wildman–Crippen MR) is 223 cm³/mol. The Balaban J connectivity index is 2.53. The number of hydrogen-bond donors (Lipinski definition) is 11. The minimum atomic E-state index is -2.23. The molecule has 2 aromatic carbocycles. The summed E-state index contributed by atoms with van der Waals surface area (Å²) in [5, 5.41) is 61.1. The van der Waals surface area contributed by atoms with Crippen LogP contribution in [0.15, 0.2) is 67.3 Å². The lowest BCUT2D eigenvalue weighted by molar-refractivity contribution is -0.142. The second-order valence-electron chi connectivity index (χ2n) is 14.8. The molecule has 342 valence electrons. The van der Waals surface area contributed by atoms with Crippen LogP contribution in [0.3, 0.4) is 0 Å². The Morgan fingerprint density at radius 2 is 1.21 bits per heavy atom. The van der Waals surface area contributed by atoms with Crippen molar-refractivity contribution in [1.82, 2.24) is 31.9 Å². The van der Waals surface area contributed by atoms with Crippen LogP contribution in [-0.2, 0) is 54.2 Å². The third-order valence-electron chi connectivity index (χ3n) is 9.19. The second-order valence-corrected chi connectivity index (χ2v) is 14.8. The van der Waals surface area contributed by atoms with E-state index in [1.165, 1.54) is 18.2 Å². The van der Waals surface area contributed by atoms with E-state index in [0.29, 0.717) is 11.1 Å². The molecule has 0 aromatic heterocycles. The molecule has 1 unspecified atom stereocenters. The van der Waals surface area contributed by atoms with E-state index in [-0.39, 0.29) is 30.7 Å². The van der Waals surface area contributed by atoms with E-state index >= 15 is 0 Å². The van der Waals surface area contributed by atoms with Crippen molar-refractivity contribution in [2.75, 3.05) is 0 Å². The van der Waals surface area contributed by atoms with Crippen molar-refractivity contribution in [2.45, 2.75) is 109 Å². The smallest absolute Gasteiger partial charge is 0.481 e. The average Bonchev–Trinajstić information content (AvgIpc) is 3.20. The van der Waals surface area contributed by atoms with Crippen LogP contribution in [0.2, 0.25) is 0 Å². The van der Waals surface area contributed by atoms with Gasteiger partial charge < -0.3 is 61.9 Å². The predicted octanol–water partition coefficient (Wildman–Crippen LogP) is -0.411. The van der Waals surface area contributed by atoms with Crippen LogP contribution in [-0.4, -0.2) is 116 Å². The van der Waals surface area contributed by atoms with Crippen molar-refractivity contribution in [1.29, 1.82) is 0 Å². The fourth-order valence-electron chi connectivity index (χ4n) is 6.07. The number of nitrogens with one attached hydrogen (secondary N) is 6. The maximum absolute atomic E-state index is 14.4. The number of aliphatic carboxylic acids is 3. The normalized spacial score (nSPS) is 13.7. The lowest BCUT2D eigenvalue weighted by atomic mass is 9.98. The summed E-state index contributed by atoms with van der Waals surface area (Å²) >= 11 is 0. The minimum absolute atomic E-state index is 0.0304. The quantitative estimate of drug-likeness (QED) is 0.0294. The van der Waals surface area contributed by atoms with E-state index in [1.54, 1.807) is 63.2 Å². The summed E-state index contributed by atoms with van der Waals surface area (Å²) in [6.45, 7) is 8.87. The van der Waals surface area contributed by atoms with E-state index in [0.717, 1.165) is 0 Å². The van der Waals surface area contributed by atoms with Crippen LogP contribution in [0.1, 0.15) is 81.5 Å². The molecule has 63 heavy (non-hydrogen) atoms. The van der Waals surface area contributed by atoms with Gasteiger partial charge in [-0.15, -0.1) is 6.58 Å². The van der Waals surface area contributed by atoms with Gasteiger partial charge in [0.2, 0.25) is 35.4 Å². The Kier molecular flexibility index (Phi) is 22.2. The Bertz CT molecular complexity index is 1930. The fourth-order valence-corrected chi connectivity index (χ4v) is 6.07. The van der Waals surface area contributed by atoms with Gasteiger partial charge in [-0.2, -0.15) is 0 Å². The summed E-state index contributed by atoms with van der Waals surface area (Å²) in [6.07, 6.45) is -3.50. The SMILES string of the molecule is C=CCC(NC(=O)[C@H](CC(C)C)NC(=O)[C@@H](NC(=O)[C@H](Cc1ccccc1C)NC(=O)[C@H](CCC(=O)O)NC(=O)[C@H](CC(=O)O)NC(=O)CCC(=O)O)c1ccccc1)OB(O)O.